The Kier molecular flexibility index (Phi) is 5.27. The Morgan fingerprint density at radius 1 is 1.17 bits per heavy atom. The summed E-state index contributed by atoms with van der Waals surface area (Å²) in [7, 11) is 2.46. The van der Waals surface area contributed by atoms with Crippen molar-refractivity contribution >= 4 is 40.7 Å². The number of H-pyrrole nitrogens is 1. The van der Waals surface area contributed by atoms with Gasteiger partial charge in [0.15, 0.2) is 5.75 Å². The molecule has 1 aromatic heterocycles. The molecule has 2 heterocycles. The summed E-state index contributed by atoms with van der Waals surface area (Å²) in [5, 5.41) is 9.99. The zero-order valence-corrected chi connectivity index (χ0v) is 17.2. The van der Waals surface area contributed by atoms with E-state index in [2.05, 4.69) is 4.98 Å². The minimum absolute atomic E-state index is 0.111. The molecule has 3 rings (SSSR count). The number of methoxy groups -OCH3 is 2. The van der Waals surface area contributed by atoms with Gasteiger partial charge in [-0.3, -0.25) is 9.69 Å². The summed E-state index contributed by atoms with van der Waals surface area (Å²) in [4.78, 5) is 41.1. The second kappa shape index (κ2) is 7.55. The summed E-state index contributed by atoms with van der Waals surface area (Å²) >= 11 is 0. The second-order valence-electron chi connectivity index (χ2n) is 7.68. The average molecular weight is 411 g/mol. The van der Waals surface area contributed by atoms with E-state index in [4.69, 9.17) is 14.2 Å². The number of fused-ring (bicyclic) bond motifs is 3. The maximum absolute atomic E-state index is 12.5. The van der Waals surface area contributed by atoms with Gasteiger partial charge in [-0.05, 0) is 32.9 Å². The van der Waals surface area contributed by atoms with Crippen LogP contribution in [-0.4, -0.2) is 43.3 Å². The predicted octanol–water partition coefficient (Wildman–Crippen LogP) is 3.40. The van der Waals surface area contributed by atoms with Gasteiger partial charge in [-0.25, -0.2) is 9.59 Å². The van der Waals surface area contributed by atoms with Crippen LogP contribution in [0, 0.1) is 16.7 Å². The minimum Gasteiger partial charge on any atom is -0.464 e. The molecule has 9 heteroatoms. The molecule has 0 bridgehead atoms. The smallest absolute Gasteiger partial charge is 0.415 e. The molecule has 30 heavy (non-hydrogen) atoms. The molecule has 0 saturated heterocycles. The first-order valence-corrected chi connectivity index (χ1v) is 9.07. The molecule has 0 spiro atoms. The Balaban J connectivity index is 2.30. The summed E-state index contributed by atoms with van der Waals surface area (Å²) < 4.78 is 15.2. The number of esters is 2. The number of hydrogen-bond donors (Lipinski definition) is 1. The van der Waals surface area contributed by atoms with Crippen LogP contribution in [-0.2, 0) is 14.3 Å². The Morgan fingerprint density at radius 2 is 1.87 bits per heavy atom. The Bertz CT molecular complexity index is 1120. The first kappa shape index (κ1) is 20.9. The number of nitrogens with zero attached hydrogens (tertiary/aromatic N) is 2. The van der Waals surface area contributed by atoms with Gasteiger partial charge >= 0.3 is 18.0 Å². The van der Waals surface area contributed by atoms with Gasteiger partial charge < -0.3 is 19.2 Å². The number of carbonyl (C=O) groups excluding carboxylic acids is 3. The molecule has 9 nitrogen and oxygen atoms in total. The molecular weight excluding hydrogens is 390 g/mol. The van der Waals surface area contributed by atoms with E-state index in [1.165, 1.54) is 20.3 Å². The number of rotatable bonds is 2. The maximum atomic E-state index is 12.5. The number of aromatic amines is 1. The van der Waals surface area contributed by atoms with Crippen LogP contribution in [0.2, 0.25) is 0 Å². The SMILES string of the molecule is COC(=O)c1cc2c3c(cc(OC(=O)C(C)(C)C)c2[nH]1)N(C(=O)OC)C(C#N)C=C3. The molecule has 0 radical (unpaired) electrons. The highest BCUT2D eigenvalue weighted by molar-refractivity contribution is 6.07. The van der Waals surface area contributed by atoms with Crippen molar-refractivity contribution in [1.82, 2.24) is 4.98 Å². The molecule has 1 amide bonds. The third kappa shape index (κ3) is 3.48. The molecule has 0 fully saturated rings. The Morgan fingerprint density at radius 3 is 2.43 bits per heavy atom. The van der Waals surface area contributed by atoms with Crippen molar-refractivity contribution in [3.05, 3.63) is 29.5 Å². The zero-order valence-electron chi connectivity index (χ0n) is 17.2. The number of aromatic nitrogens is 1. The fourth-order valence-corrected chi connectivity index (χ4v) is 3.04. The fraction of sp³-hybridized carbons (Fsp3) is 0.333. The molecule has 1 N–H and O–H groups in total. The van der Waals surface area contributed by atoms with Gasteiger partial charge in [-0.2, -0.15) is 5.26 Å². The molecule has 1 atom stereocenters. The number of nitriles is 1. The van der Waals surface area contributed by atoms with Crippen LogP contribution in [0.1, 0.15) is 36.8 Å². The molecular formula is C21H21N3O6. The highest BCUT2D eigenvalue weighted by Crippen LogP contribution is 2.41. The van der Waals surface area contributed by atoms with E-state index >= 15 is 0 Å². The first-order chi connectivity index (χ1) is 14.1. The zero-order chi connectivity index (χ0) is 22.2. The van der Waals surface area contributed by atoms with Crippen molar-refractivity contribution in [2.75, 3.05) is 19.1 Å². The first-order valence-electron chi connectivity index (χ1n) is 9.07. The number of amides is 1. The maximum Gasteiger partial charge on any atom is 0.415 e. The third-order valence-electron chi connectivity index (χ3n) is 4.60. The average Bonchev–Trinajstić information content (AvgIpc) is 3.17. The summed E-state index contributed by atoms with van der Waals surface area (Å²) in [5.41, 5.74) is 0.613. The lowest BCUT2D eigenvalue weighted by Gasteiger charge is -2.29. The van der Waals surface area contributed by atoms with Gasteiger partial charge in [0.2, 0.25) is 0 Å². The van der Waals surface area contributed by atoms with Gasteiger partial charge in [0.05, 0.1) is 36.9 Å². The van der Waals surface area contributed by atoms with Crippen molar-refractivity contribution in [2.45, 2.75) is 26.8 Å². The van der Waals surface area contributed by atoms with Gasteiger partial charge in [0.25, 0.3) is 0 Å². The van der Waals surface area contributed by atoms with Gasteiger partial charge in [-0.15, -0.1) is 0 Å². The summed E-state index contributed by atoms with van der Waals surface area (Å²) in [6.07, 6.45) is 2.47. The Hall–Kier alpha value is -3.80. The van der Waals surface area contributed by atoms with Crippen molar-refractivity contribution in [2.24, 2.45) is 5.41 Å². The number of benzene rings is 1. The van der Waals surface area contributed by atoms with Crippen LogP contribution in [0.4, 0.5) is 10.5 Å². The van der Waals surface area contributed by atoms with Crippen molar-refractivity contribution in [1.29, 1.82) is 5.26 Å². The number of hydrogen-bond acceptors (Lipinski definition) is 7. The van der Waals surface area contributed by atoms with Crippen molar-refractivity contribution in [3.8, 4) is 11.8 Å². The van der Waals surface area contributed by atoms with E-state index in [0.717, 1.165) is 4.90 Å². The number of anilines is 1. The largest absolute Gasteiger partial charge is 0.464 e. The van der Waals surface area contributed by atoms with Crippen LogP contribution in [0.25, 0.3) is 17.0 Å². The molecule has 1 aromatic carbocycles. The minimum atomic E-state index is -0.910. The second-order valence-corrected chi connectivity index (χ2v) is 7.68. The van der Waals surface area contributed by atoms with Crippen LogP contribution >= 0.6 is 0 Å². The highest BCUT2D eigenvalue weighted by Gasteiger charge is 2.33. The van der Waals surface area contributed by atoms with E-state index in [1.54, 1.807) is 39.0 Å². The Labute approximate surface area is 172 Å². The monoisotopic (exact) mass is 411 g/mol. The van der Waals surface area contributed by atoms with Crippen LogP contribution in [0.5, 0.6) is 5.75 Å². The predicted molar refractivity (Wildman–Crippen MR) is 108 cm³/mol. The van der Waals surface area contributed by atoms with Crippen LogP contribution in [0.3, 0.4) is 0 Å². The van der Waals surface area contributed by atoms with E-state index in [1.807, 2.05) is 6.07 Å². The topological polar surface area (TPSA) is 122 Å². The quantitative estimate of drug-likeness (QED) is 0.594. The van der Waals surface area contributed by atoms with Gasteiger partial charge in [0.1, 0.15) is 11.7 Å². The molecule has 1 unspecified atom stereocenters. The van der Waals surface area contributed by atoms with Crippen LogP contribution < -0.4 is 9.64 Å². The normalized spacial score (nSPS) is 15.3. The number of nitrogens with one attached hydrogen (secondary N) is 1. The molecule has 0 aliphatic carbocycles. The molecule has 156 valence electrons. The third-order valence-corrected chi connectivity index (χ3v) is 4.60. The lowest BCUT2D eigenvalue weighted by Crippen LogP contribution is -2.40. The van der Waals surface area contributed by atoms with Crippen molar-refractivity contribution < 1.29 is 28.6 Å². The van der Waals surface area contributed by atoms with E-state index in [0.29, 0.717) is 22.2 Å². The standard InChI is InChI=1S/C21H21N3O6/c1-21(2,3)19(26)30-16-9-15-12(7-6-11(10-22)24(15)20(27)29-5)13-8-14(18(25)28-4)23-17(13)16/h6-9,11,23H,1-5H3. The van der Waals surface area contributed by atoms with E-state index in [9.17, 15) is 19.6 Å². The summed E-state index contributed by atoms with van der Waals surface area (Å²) in [6.45, 7) is 5.11. The highest BCUT2D eigenvalue weighted by atomic mass is 16.5. The van der Waals surface area contributed by atoms with E-state index in [-0.39, 0.29) is 11.4 Å². The lowest BCUT2D eigenvalue weighted by molar-refractivity contribution is -0.142. The lowest BCUT2D eigenvalue weighted by atomic mass is 9.97. The summed E-state index contributed by atoms with van der Waals surface area (Å²) in [6, 6.07) is 4.13. The van der Waals surface area contributed by atoms with Gasteiger partial charge in [0, 0.05) is 17.0 Å². The van der Waals surface area contributed by atoms with Crippen LogP contribution in [0.15, 0.2) is 18.2 Å². The molecule has 1 aliphatic heterocycles. The number of ether oxygens (including phenoxy) is 3. The molecule has 1 aliphatic rings. The number of carbonyl (C=O) groups is 3. The molecule has 0 saturated carbocycles. The van der Waals surface area contributed by atoms with E-state index < -0.39 is 29.5 Å². The fourth-order valence-electron chi connectivity index (χ4n) is 3.04. The molecule has 2 aromatic rings. The van der Waals surface area contributed by atoms with Crippen molar-refractivity contribution in [3.63, 3.8) is 0 Å². The summed E-state index contributed by atoms with van der Waals surface area (Å²) in [5.74, 6) is -1.00. The van der Waals surface area contributed by atoms with Gasteiger partial charge in [-0.1, -0.05) is 6.08 Å².